The van der Waals surface area contributed by atoms with E-state index in [0.29, 0.717) is 24.0 Å². The molecule has 108 valence electrons. The van der Waals surface area contributed by atoms with Crippen molar-refractivity contribution in [2.45, 2.75) is 25.7 Å². The predicted octanol–water partition coefficient (Wildman–Crippen LogP) is 3.36. The lowest BCUT2D eigenvalue weighted by Gasteiger charge is -2.14. The van der Waals surface area contributed by atoms with E-state index >= 15 is 0 Å². The van der Waals surface area contributed by atoms with Gasteiger partial charge < -0.3 is 14.6 Å². The monoisotopic (exact) mass is 276 g/mol. The van der Waals surface area contributed by atoms with Crippen LogP contribution in [0.4, 0.5) is 0 Å². The van der Waals surface area contributed by atoms with Gasteiger partial charge in [0.15, 0.2) is 0 Å². The normalized spacial score (nSPS) is 15.7. The molecule has 0 unspecified atom stereocenters. The Hall–Kier alpha value is -1.97. The largest absolute Gasteiger partial charge is 0.497 e. The standard InChI is InChI=1S/C16H20O4/c1-19-14-8-6-13(7-9-16(17)18)15(10-14)20-11-12-4-2-3-5-12/h6-10,12H,2-5,11H2,1H3,(H,17,18). The Morgan fingerprint density at radius 3 is 2.80 bits per heavy atom. The number of rotatable bonds is 6. The molecule has 4 heteroatoms. The molecular weight excluding hydrogens is 256 g/mol. The fraction of sp³-hybridized carbons (Fsp3) is 0.438. The summed E-state index contributed by atoms with van der Waals surface area (Å²) in [6.45, 7) is 0.682. The molecule has 0 radical (unpaired) electrons. The second-order valence-corrected chi connectivity index (χ2v) is 5.04. The van der Waals surface area contributed by atoms with Gasteiger partial charge >= 0.3 is 5.97 Å². The van der Waals surface area contributed by atoms with Crippen LogP contribution in [0, 0.1) is 5.92 Å². The molecule has 0 amide bonds. The van der Waals surface area contributed by atoms with Crippen molar-refractivity contribution in [3.05, 3.63) is 29.8 Å². The van der Waals surface area contributed by atoms with Gasteiger partial charge in [0.2, 0.25) is 0 Å². The molecule has 0 heterocycles. The maximum Gasteiger partial charge on any atom is 0.328 e. The maximum atomic E-state index is 10.6. The van der Waals surface area contributed by atoms with Crippen LogP contribution in [0.15, 0.2) is 24.3 Å². The maximum absolute atomic E-state index is 10.6. The topological polar surface area (TPSA) is 55.8 Å². The van der Waals surface area contributed by atoms with Crippen LogP contribution in [0.1, 0.15) is 31.2 Å². The van der Waals surface area contributed by atoms with Gasteiger partial charge in [0.05, 0.1) is 13.7 Å². The Morgan fingerprint density at radius 1 is 1.40 bits per heavy atom. The first-order valence-corrected chi connectivity index (χ1v) is 6.91. The van der Waals surface area contributed by atoms with Crippen molar-refractivity contribution in [1.82, 2.24) is 0 Å². The summed E-state index contributed by atoms with van der Waals surface area (Å²) in [5, 5.41) is 8.72. The van der Waals surface area contributed by atoms with E-state index in [1.165, 1.54) is 25.7 Å². The fourth-order valence-corrected chi connectivity index (χ4v) is 2.45. The molecule has 0 atom stereocenters. The SMILES string of the molecule is COc1ccc(C=CC(=O)O)c(OCC2CCCC2)c1. The van der Waals surface area contributed by atoms with Gasteiger partial charge in [-0.05, 0) is 37.0 Å². The van der Waals surface area contributed by atoms with Crippen LogP contribution >= 0.6 is 0 Å². The molecule has 0 bridgehead atoms. The smallest absolute Gasteiger partial charge is 0.328 e. The van der Waals surface area contributed by atoms with Crippen molar-refractivity contribution in [1.29, 1.82) is 0 Å². The van der Waals surface area contributed by atoms with Crippen molar-refractivity contribution in [3.8, 4) is 11.5 Å². The first kappa shape index (κ1) is 14.4. The van der Waals surface area contributed by atoms with E-state index in [1.807, 2.05) is 6.07 Å². The molecule has 20 heavy (non-hydrogen) atoms. The minimum atomic E-state index is -0.970. The third-order valence-electron chi connectivity index (χ3n) is 3.58. The molecule has 0 aliphatic heterocycles. The van der Waals surface area contributed by atoms with E-state index in [4.69, 9.17) is 14.6 Å². The average molecular weight is 276 g/mol. The van der Waals surface area contributed by atoms with Crippen LogP contribution in [-0.2, 0) is 4.79 Å². The molecule has 2 rings (SSSR count). The number of hydrogen-bond donors (Lipinski definition) is 1. The molecule has 1 aliphatic rings. The molecule has 1 fully saturated rings. The van der Waals surface area contributed by atoms with Gasteiger partial charge in [0.25, 0.3) is 0 Å². The summed E-state index contributed by atoms with van der Waals surface area (Å²) in [5.41, 5.74) is 0.756. The summed E-state index contributed by atoms with van der Waals surface area (Å²) in [6, 6.07) is 5.41. The van der Waals surface area contributed by atoms with Crippen molar-refractivity contribution < 1.29 is 19.4 Å². The third kappa shape index (κ3) is 4.02. The minimum Gasteiger partial charge on any atom is -0.497 e. The van der Waals surface area contributed by atoms with E-state index in [0.717, 1.165) is 11.6 Å². The van der Waals surface area contributed by atoms with Crippen molar-refractivity contribution in [3.63, 3.8) is 0 Å². The van der Waals surface area contributed by atoms with Crippen LogP contribution in [-0.4, -0.2) is 24.8 Å². The van der Waals surface area contributed by atoms with Crippen LogP contribution < -0.4 is 9.47 Å². The Balaban J connectivity index is 2.11. The Kier molecular flexibility index (Phi) is 5.04. The summed E-state index contributed by atoms with van der Waals surface area (Å²) in [5.74, 6) is 1.02. The van der Waals surface area contributed by atoms with Gasteiger partial charge in [-0.1, -0.05) is 12.8 Å². The Morgan fingerprint density at radius 2 is 2.15 bits per heavy atom. The third-order valence-corrected chi connectivity index (χ3v) is 3.58. The molecule has 1 N–H and O–H groups in total. The van der Waals surface area contributed by atoms with Crippen molar-refractivity contribution >= 4 is 12.0 Å². The number of carboxylic acids is 1. The lowest BCUT2D eigenvalue weighted by molar-refractivity contribution is -0.131. The van der Waals surface area contributed by atoms with Gasteiger partial charge in [-0.3, -0.25) is 0 Å². The lowest BCUT2D eigenvalue weighted by Crippen LogP contribution is -2.08. The quantitative estimate of drug-likeness (QED) is 0.809. The average Bonchev–Trinajstić information content (AvgIpc) is 2.96. The highest BCUT2D eigenvalue weighted by molar-refractivity contribution is 5.86. The van der Waals surface area contributed by atoms with Crippen LogP contribution in [0.2, 0.25) is 0 Å². The van der Waals surface area contributed by atoms with Gasteiger partial charge in [-0.2, -0.15) is 0 Å². The lowest BCUT2D eigenvalue weighted by atomic mass is 10.1. The number of hydrogen-bond acceptors (Lipinski definition) is 3. The molecule has 1 aliphatic carbocycles. The predicted molar refractivity (Wildman–Crippen MR) is 77.1 cm³/mol. The van der Waals surface area contributed by atoms with Crippen LogP contribution in [0.3, 0.4) is 0 Å². The summed E-state index contributed by atoms with van der Waals surface area (Å²) >= 11 is 0. The van der Waals surface area contributed by atoms with Crippen molar-refractivity contribution in [2.24, 2.45) is 5.92 Å². The first-order valence-electron chi connectivity index (χ1n) is 6.91. The molecule has 0 aromatic heterocycles. The molecule has 0 spiro atoms. The van der Waals surface area contributed by atoms with E-state index in [2.05, 4.69) is 0 Å². The molecule has 0 saturated heterocycles. The number of methoxy groups -OCH3 is 1. The van der Waals surface area contributed by atoms with E-state index in [-0.39, 0.29) is 0 Å². The highest BCUT2D eigenvalue weighted by Gasteiger charge is 2.16. The van der Waals surface area contributed by atoms with Gasteiger partial charge in [0, 0.05) is 17.7 Å². The second kappa shape index (κ2) is 6.98. The highest BCUT2D eigenvalue weighted by Crippen LogP contribution is 2.29. The van der Waals surface area contributed by atoms with Gasteiger partial charge in [0.1, 0.15) is 11.5 Å². The van der Waals surface area contributed by atoms with E-state index in [1.54, 1.807) is 25.3 Å². The molecule has 1 aromatic carbocycles. The minimum absolute atomic E-state index is 0.609. The number of carboxylic acid groups (broad SMARTS) is 1. The number of benzene rings is 1. The van der Waals surface area contributed by atoms with Gasteiger partial charge in [-0.25, -0.2) is 4.79 Å². The second-order valence-electron chi connectivity index (χ2n) is 5.04. The number of ether oxygens (including phenoxy) is 2. The highest BCUT2D eigenvalue weighted by atomic mass is 16.5. The molecule has 1 saturated carbocycles. The number of carbonyl (C=O) groups is 1. The Bertz CT molecular complexity index is 487. The molecule has 1 aromatic rings. The zero-order chi connectivity index (χ0) is 14.4. The van der Waals surface area contributed by atoms with Crippen LogP contribution in [0.25, 0.3) is 6.08 Å². The van der Waals surface area contributed by atoms with E-state index < -0.39 is 5.97 Å². The van der Waals surface area contributed by atoms with Crippen molar-refractivity contribution in [2.75, 3.05) is 13.7 Å². The first-order chi connectivity index (χ1) is 9.69. The molecular formula is C16H20O4. The zero-order valence-corrected chi connectivity index (χ0v) is 11.7. The molecule has 4 nitrogen and oxygen atoms in total. The van der Waals surface area contributed by atoms with Gasteiger partial charge in [-0.15, -0.1) is 0 Å². The summed E-state index contributed by atoms with van der Waals surface area (Å²) in [7, 11) is 1.60. The summed E-state index contributed by atoms with van der Waals surface area (Å²) < 4.78 is 11.1. The fourth-order valence-electron chi connectivity index (χ4n) is 2.45. The Labute approximate surface area is 119 Å². The summed E-state index contributed by atoms with van der Waals surface area (Å²) in [6.07, 6.45) is 7.64. The van der Waals surface area contributed by atoms with E-state index in [9.17, 15) is 4.79 Å². The zero-order valence-electron chi connectivity index (χ0n) is 11.7. The van der Waals surface area contributed by atoms with Crippen LogP contribution in [0.5, 0.6) is 11.5 Å². The number of aliphatic carboxylic acids is 1. The summed E-state index contributed by atoms with van der Waals surface area (Å²) in [4.78, 5) is 10.6.